The topological polar surface area (TPSA) is 83.8 Å². The van der Waals surface area contributed by atoms with E-state index >= 15 is 0 Å². The van der Waals surface area contributed by atoms with Crippen molar-refractivity contribution in [2.75, 3.05) is 6.54 Å². The summed E-state index contributed by atoms with van der Waals surface area (Å²) in [6, 6.07) is 4.00. The Labute approximate surface area is 88.9 Å². The zero-order valence-electron chi connectivity index (χ0n) is 8.81. The van der Waals surface area contributed by atoms with E-state index in [1.165, 1.54) is 0 Å². The molecule has 1 rings (SSSR count). The number of hydrogen-bond acceptors (Lipinski definition) is 4. The summed E-state index contributed by atoms with van der Waals surface area (Å²) in [4.78, 5) is 0. The predicted octanol–water partition coefficient (Wildman–Crippen LogP) is 0.937. The van der Waals surface area contributed by atoms with E-state index in [-0.39, 0.29) is 11.9 Å². The molecule has 0 radical (unpaired) electrons. The van der Waals surface area contributed by atoms with Crippen LogP contribution in [0.25, 0.3) is 0 Å². The number of nitrogens with two attached hydrogens (primary N) is 1. The number of nitrogens with one attached hydrogen (secondary N) is 1. The van der Waals surface area contributed by atoms with Gasteiger partial charge in [0, 0.05) is 25.4 Å². The minimum absolute atomic E-state index is 0.191. The number of furan rings is 1. The van der Waals surface area contributed by atoms with Crippen LogP contribution in [-0.4, -0.2) is 23.6 Å². The van der Waals surface area contributed by atoms with Crippen molar-refractivity contribution in [3.63, 3.8) is 0 Å². The van der Waals surface area contributed by atoms with Gasteiger partial charge in [0.05, 0.1) is 6.26 Å². The Morgan fingerprint density at radius 1 is 1.73 bits per heavy atom. The van der Waals surface area contributed by atoms with Crippen LogP contribution in [0.5, 0.6) is 0 Å². The zero-order chi connectivity index (χ0) is 11.1. The summed E-state index contributed by atoms with van der Waals surface area (Å²) in [5.74, 6) is 1.20. The highest BCUT2D eigenvalue weighted by Gasteiger charge is 2.04. The van der Waals surface area contributed by atoms with Gasteiger partial charge in [-0.05, 0) is 19.1 Å². The molecule has 1 unspecified atom stereocenters. The number of oxime groups is 1. The highest BCUT2D eigenvalue weighted by molar-refractivity contribution is 5.80. The fourth-order valence-corrected chi connectivity index (χ4v) is 1.32. The van der Waals surface area contributed by atoms with Gasteiger partial charge in [-0.1, -0.05) is 5.16 Å². The molecule has 0 saturated heterocycles. The van der Waals surface area contributed by atoms with E-state index in [2.05, 4.69) is 10.5 Å². The molecule has 1 aromatic heterocycles. The summed E-state index contributed by atoms with van der Waals surface area (Å²) >= 11 is 0. The van der Waals surface area contributed by atoms with Crippen molar-refractivity contribution in [3.8, 4) is 0 Å². The fourth-order valence-electron chi connectivity index (χ4n) is 1.32. The molecule has 5 heteroatoms. The summed E-state index contributed by atoms with van der Waals surface area (Å²) in [5, 5.41) is 14.6. The van der Waals surface area contributed by atoms with Gasteiger partial charge in [-0.2, -0.15) is 0 Å². The van der Waals surface area contributed by atoms with Crippen molar-refractivity contribution in [2.45, 2.75) is 25.8 Å². The van der Waals surface area contributed by atoms with Crippen molar-refractivity contribution < 1.29 is 9.62 Å². The highest BCUT2D eigenvalue weighted by Crippen LogP contribution is 2.00. The smallest absolute Gasteiger partial charge is 0.140 e. The quantitative estimate of drug-likeness (QED) is 0.283. The fraction of sp³-hybridized carbons (Fsp3) is 0.500. The zero-order valence-corrected chi connectivity index (χ0v) is 8.81. The lowest BCUT2D eigenvalue weighted by molar-refractivity contribution is 0.316. The maximum absolute atomic E-state index is 8.38. The Morgan fingerprint density at radius 3 is 3.13 bits per heavy atom. The Kier molecular flexibility index (Phi) is 4.70. The van der Waals surface area contributed by atoms with Gasteiger partial charge >= 0.3 is 0 Å². The van der Waals surface area contributed by atoms with Gasteiger partial charge in [0.25, 0.3) is 0 Å². The molecule has 0 aliphatic heterocycles. The second-order valence-corrected chi connectivity index (χ2v) is 3.48. The molecule has 0 saturated carbocycles. The lowest BCUT2D eigenvalue weighted by Gasteiger charge is -2.11. The first-order chi connectivity index (χ1) is 7.22. The lowest BCUT2D eigenvalue weighted by atomic mass is 10.2. The van der Waals surface area contributed by atoms with Crippen LogP contribution < -0.4 is 11.1 Å². The standard InChI is InChI=1S/C10H17N3O2/c1-8(7-10(11)13-14)12-5-4-9-3-2-6-15-9/h2-3,6,8,12,14H,4-5,7H2,1H3,(H2,11,13). The van der Waals surface area contributed by atoms with E-state index in [4.69, 9.17) is 15.4 Å². The van der Waals surface area contributed by atoms with Crippen LogP contribution in [0.1, 0.15) is 19.1 Å². The van der Waals surface area contributed by atoms with Crippen LogP contribution in [0, 0.1) is 0 Å². The molecule has 0 aliphatic carbocycles. The van der Waals surface area contributed by atoms with Crippen LogP contribution in [0.2, 0.25) is 0 Å². The molecule has 0 amide bonds. The monoisotopic (exact) mass is 211 g/mol. The third kappa shape index (κ3) is 4.51. The van der Waals surface area contributed by atoms with E-state index < -0.39 is 0 Å². The van der Waals surface area contributed by atoms with Gasteiger partial charge in [0.2, 0.25) is 0 Å². The number of rotatable bonds is 6. The minimum Gasteiger partial charge on any atom is -0.469 e. The molecule has 0 bridgehead atoms. The van der Waals surface area contributed by atoms with Crippen molar-refractivity contribution in [2.24, 2.45) is 10.9 Å². The molecule has 1 heterocycles. The maximum atomic E-state index is 8.38. The summed E-state index contributed by atoms with van der Waals surface area (Å²) < 4.78 is 5.19. The van der Waals surface area contributed by atoms with Gasteiger partial charge in [-0.15, -0.1) is 0 Å². The first-order valence-corrected chi connectivity index (χ1v) is 4.94. The van der Waals surface area contributed by atoms with Crippen LogP contribution >= 0.6 is 0 Å². The molecule has 0 aromatic carbocycles. The number of amidine groups is 1. The summed E-state index contributed by atoms with van der Waals surface area (Å²) in [6.07, 6.45) is 3.04. The normalized spacial score (nSPS) is 14.1. The first-order valence-electron chi connectivity index (χ1n) is 4.94. The van der Waals surface area contributed by atoms with E-state index in [1.807, 2.05) is 19.1 Å². The average molecular weight is 211 g/mol. The van der Waals surface area contributed by atoms with E-state index in [9.17, 15) is 0 Å². The number of hydrogen-bond donors (Lipinski definition) is 3. The predicted molar refractivity (Wildman–Crippen MR) is 57.9 cm³/mol. The minimum atomic E-state index is 0.191. The maximum Gasteiger partial charge on any atom is 0.140 e. The summed E-state index contributed by atoms with van der Waals surface area (Å²) in [6.45, 7) is 2.80. The second-order valence-electron chi connectivity index (χ2n) is 3.48. The molecule has 1 aromatic rings. The van der Waals surface area contributed by atoms with Crippen molar-refractivity contribution in [1.82, 2.24) is 5.32 Å². The molecule has 5 nitrogen and oxygen atoms in total. The van der Waals surface area contributed by atoms with Gasteiger partial charge in [0.15, 0.2) is 0 Å². The molecule has 15 heavy (non-hydrogen) atoms. The van der Waals surface area contributed by atoms with Gasteiger partial charge in [0.1, 0.15) is 11.6 Å². The largest absolute Gasteiger partial charge is 0.469 e. The number of nitrogens with zero attached hydrogens (tertiary/aromatic N) is 1. The third-order valence-electron chi connectivity index (χ3n) is 2.09. The third-order valence-corrected chi connectivity index (χ3v) is 2.09. The first kappa shape index (κ1) is 11.6. The van der Waals surface area contributed by atoms with E-state index in [0.29, 0.717) is 6.42 Å². The van der Waals surface area contributed by atoms with Gasteiger partial charge < -0.3 is 20.7 Å². The second kappa shape index (κ2) is 6.08. The van der Waals surface area contributed by atoms with Gasteiger partial charge in [-0.3, -0.25) is 0 Å². The molecule has 1 atom stereocenters. The van der Waals surface area contributed by atoms with E-state index in [1.54, 1.807) is 6.26 Å². The SMILES string of the molecule is CC(CC(N)=NO)NCCc1ccco1. The van der Waals surface area contributed by atoms with Crippen molar-refractivity contribution in [3.05, 3.63) is 24.2 Å². The molecule has 0 aliphatic rings. The highest BCUT2D eigenvalue weighted by atomic mass is 16.4. The van der Waals surface area contributed by atoms with Crippen molar-refractivity contribution in [1.29, 1.82) is 0 Å². The molecule has 0 spiro atoms. The molecular formula is C10H17N3O2. The Balaban J connectivity index is 2.14. The summed E-state index contributed by atoms with van der Waals surface area (Å²) in [7, 11) is 0. The van der Waals surface area contributed by atoms with E-state index in [0.717, 1.165) is 18.7 Å². The Hall–Kier alpha value is -1.49. The van der Waals surface area contributed by atoms with Crippen LogP contribution in [-0.2, 0) is 6.42 Å². The molecule has 4 N–H and O–H groups in total. The Morgan fingerprint density at radius 2 is 2.53 bits per heavy atom. The average Bonchev–Trinajstić information content (AvgIpc) is 2.70. The molecule has 0 fully saturated rings. The van der Waals surface area contributed by atoms with Crippen LogP contribution in [0.3, 0.4) is 0 Å². The van der Waals surface area contributed by atoms with Gasteiger partial charge in [-0.25, -0.2) is 0 Å². The molecular weight excluding hydrogens is 194 g/mol. The molecule has 84 valence electrons. The van der Waals surface area contributed by atoms with Crippen LogP contribution in [0.15, 0.2) is 28.0 Å². The van der Waals surface area contributed by atoms with Crippen LogP contribution in [0.4, 0.5) is 0 Å². The summed E-state index contributed by atoms with van der Waals surface area (Å²) in [5.41, 5.74) is 5.38. The van der Waals surface area contributed by atoms with Crippen molar-refractivity contribution >= 4 is 5.84 Å². The lowest BCUT2D eigenvalue weighted by Crippen LogP contribution is -2.32. The Bertz CT molecular complexity index is 296.